The first-order valence-electron chi connectivity index (χ1n) is 4.36. The predicted molar refractivity (Wildman–Crippen MR) is 55.8 cm³/mol. The highest BCUT2D eigenvalue weighted by molar-refractivity contribution is 7.13. The van der Waals surface area contributed by atoms with Gasteiger partial charge in [0, 0.05) is 13.7 Å². The van der Waals surface area contributed by atoms with Crippen molar-refractivity contribution in [2.75, 3.05) is 20.3 Å². The van der Waals surface area contributed by atoms with E-state index in [1.807, 2.05) is 13.8 Å². The van der Waals surface area contributed by atoms with Gasteiger partial charge < -0.3 is 10.1 Å². The molecule has 0 radical (unpaired) electrons. The molecule has 0 aliphatic carbocycles. The van der Waals surface area contributed by atoms with Gasteiger partial charge in [-0.05, 0) is 13.8 Å². The molecule has 78 valence electrons. The fourth-order valence-corrected chi connectivity index (χ4v) is 1.93. The van der Waals surface area contributed by atoms with Crippen molar-refractivity contribution in [3.63, 3.8) is 0 Å². The van der Waals surface area contributed by atoms with E-state index < -0.39 is 0 Å². The number of methoxy groups -OCH3 is 1. The van der Waals surface area contributed by atoms with Gasteiger partial charge in [0.1, 0.15) is 4.88 Å². The number of rotatable bonds is 4. The van der Waals surface area contributed by atoms with Gasteiger partial charge in [-0.15, -0.1) is 11.3 Å². The zero-order chi connectivity index (χ0) is 10.6. The summed E-state index contributed by atoms with van der Waals surface area (Å²) in [6.45, 7) is 4.80. The van der Waals surface area contributed by atoms with Crippen LogP contribution >= 0.6 is 11.3 Å². The Balaban J connectivity index is 2.56. The molecule has 0 aromatic carbocycles. The molecule has 0 saturated heterocycles. The molecule has 1 heterocycles. The summed E-state index contributed by atoms with van der Waals surface area (Å²) in [7, 11) is 1.61. The summed E-state index contributed by atoms with van der Waals surface area (Å²) in [6, 6.07) is 0. The Bertz CT molecular complexity index is 323. The standard InChI is InChI=1S/C9H14N2O2S/c1-6-8(14-7(2)11-6)9(12)10-4-5-13-3/h4-5H2,1-3H3,(H,10,12). The molecule has 4 nitrogen and oxygen atoms in total. The van der Waals surface area contributed by atoms with Crippen LogP contribution in [0.4, 0.5) is 0 Å². The zero-order valence-electron chi connectivity index (χ0n) is 8.59. The monoisotopic (exact) mass is 214 g/mol. The second kappa shape index (κ2) is 5.07. The highest BCUT2D eigenvalue weighted by atomic mass is 32.1. The van der Waals surface area contributed by atoms with Gasteiger partial charge in [0.15, 0.2) is 0 Å². The van der Waals surface area contributed by atoms with Crippen molar-refractivity contribution in [2.24, 2.45) is 0 Å². The second-order valence-electron chi connectivity index (χ2n) is 2.90. The zero-order valence-corrected chi connectivity index (χ0v) is 9.40. The number of hydrogen-bond donors (Lipinski definition) is 1. The Morgan fingerprint density at radius 1 is 1.57 bits per heavy atom. The Morgan fingerprint density at radius 3 is 2.79 bits per heavy atom. The Hall–Kier alpha value is -0.940. The molecule has 1 N–H and O–H groups in total. The van der Waals surface area contributed by atoms with E-state index in [1.54, 1.807) is 7.11 Å². The summed E-state index contributed by atoms with van der Waals surface area (Å²) in [4.78, 5) is 16.4. The van der Waals surface area contributed by atoms with E-state index in [9.17, 15) is 4.79 Å². The first-order chi connectivity index (χ1) is 6.65. The number of hydrogen-bond acceptors (Lipinski definition) is 4. The van der Waals surface area contributed by atoms with Crippen molar-refractivity contribution in [3.8, 4) is 0 Å². The lowest BCUT2D eigenvalue weighted by molar-refractivity contribution is 0.0940. The summed E-state index contributed by atoms with van der Waals surface area (Å²) in [5.41, 5.74) is 0.794. The molecule has 5 heteroatoms. The van der Waals surface area contributed by atoms with Crippen LogP contribution in [0.5, 0.6) is 0 Å². The summed E-state index contributed by atoms with van der Waals surface area (Å²) in [5.74, 6) is -0.0647. The van der Waals surface area contributed by atoms with Crippen molar-refractivity contribution >= 4 is 17.2 Å². The van der Waals surface area contributed by atoms with Gasteiger partial charge in [-0.3, -0.25) is 4.79 Å². The fraction of sp³-hybridized carbons (Fsp3) is 0.556. The molecule has 0 aliphatic heterocycles. The summed E-state index contributed by atoms with van der Waals surface area (Å²) in [6.07, 6.45) is 0. The average Bonchev–Trinajstić information content (AvgIpc) is 2.45. The maximum Gasteiger partial charge on any atom is 0.263 e. The van der Waals surface area contributed by atoms with Gasteiger partial charge in [0.05, 0.1) is 17.3 Å². The normalized spacial score (nSPS) is 10.2. The molecule has 0 unspecified atom stereocenters. The van der Waals surface area contributed by atoms with Gasteiger partial charge in [-0.1, -0.05) is 0 Å². The van der Waals surface area contributed by atoms with Crippen LogP contribution in [-0.4, -0.2) is 31.2 Å². The molecule has 0 aliphatic rings. The highest BCUT2D eigenvalue weighted by Crippen LogP contribution is 2.16. The van der Waals surface area contributed by atoms with E-state index in [0.717, 1.165) is 10.7 Å². The topological polar surface area (TPSA) is 51.2 Å². The van der Waals surface area contributed by atoms with Gasteiger partial charge >= 0.3 is 0 Å². The fourth-order valence-electron chi connectivity index (χ4n) is 1.09. The van der Waals surface area contributed by atoms with Crippen LogP contribution in [0.2, 0.25) is 0 Å². The number of nitrogens with zero attached hydrogens (tertiary/aromatic N) is 1. The number of carbonyl (C=O) groups is 1. The van der Waals surface area contributed by atoms with Gasteiger partial charge in [-0.25, -0.2) is 4.98 Å². The molecule has 0 atom stereocenters. The number of thiazole rings is 1. The Morgan fingerprint density at radius 2 is 2.29 bits per heavy atom. The van der Waals surface area contributed by atoms with E-state index >= 15 is 0 Å². The van der Waals surface area contributed by atoms with Crippen LogP contribution in [0.15, 0.2) is 0 Å². The third-order valence-corrected chi connectivity index (χ3v) is 2.77. The highest BCUT2D eigenvalue weighted by Gasteiger charge is 2.12. The number of carbonyl (C=O) groups excluding carboxylic acids is 1. The number of aryl methyl sites for hydroxylation is 2. The lowest BCUT2D eigenvalue weighted by atomic mass is 10.4. The maximum absolute atomic E-state index is 11.6. The van der Waals surface area contributed by atoms with Crippen molar-refractivity contribution in [2.45, 2.75) is 13.8 Å². The molecule has 0 spiro atoms. The van der Waals surface area contributed by atoms with E-state index in [1.165, 1.54) is 11.3 Å². The molecule has 14 heavy (non-hydrogen) atoms. The van der Waals surface area contributed by atoms with Gasteiger partial charge in [-0.2, -0.15) is 0 Å². The second-order valence-corrected chi connectivity index (χ2v) is 4.10. The van der Waals surface area contributed by atoms with Crippen LogP contribution in [0.25, 0.3) is 0 Å². The molecule has 1 aromatic heterocycles. The van der Waals surface area contributed by atoms with E-state index in [-0.39, 0.29) is 5.91 Å². The lowest BCUT2D eigenvalue weighted by Gasteiger charge is -2.02. The van der Waals surface area contributed by atoms with Gasteiger partial charge in [0.2, 0.25) is 0 Å². The maximum atomic E-state index is 11.6. The average molecular weight is 214 g/mol. The molecular formula is C9H14N2O2S. The lowest BCUT2D eigenvalue weighted by Crippen LogP contribution is -2.26. The van der Waals surface area contributed by atoms with E-state index in [0.29, 0.717) is 18.0 Å². The van der Waals surface area contributed by atoms with Gasteiger partial charge in [0.25, 0.3) is 5.91 Å². The van der Waals surface area contributed by atoms with E-state index in [2.05, 4.69) is 10.3 Å². The van der Waals surface area contributed by atoms with Crippen LogP contribution < -0.4 is 5.32 Å². The number of amides is 1. The molecule has 1 amide bonds. The van der Waals surface area contributed by atoms with Crippen molar-refractivity contribution in [3.05, 3.63) is 15.6 Å². The summed E-state index contributed by atoms with van der Waals surface area (Å²) >= 11 is 1.42. The van der Waals surface area contributed by atoms with Crippen molar-refractivity contribution < 1.29 is 9.53 Å². The first kappa shape index (κ1) is 11.1. The quantitative estimate of drug-likeness (QED) is 0.765. The van der Waals surface area contributed by atoms with Crippen LogP contribution in [0.3, 0.4) is 0 Å². The van der Waals surface area contributed by atoms with Crippen LogP contribution in [-0.2, 0) is 4.74 Å². The number of nitrogens with one attached hydrogen (secondary N) is 1. The Kier molecular flexibility index (Phi) is 4.03. The molecule has 1 rings (SSSR count). The molecule has 0 saturated carbocycles. The predicted octanol–water partition coefficient (Wildman–Crippen LogP) is 1.14. The van der Waals surface area contributed by atoms with Crippen molar-refractivity contribution in [1.29, 1.82) is 0 Å². The summed E-state index contributed by atoms with van der Waals surface area (Å²) < 4.78 is 4.84. The van der Waals surface area contributed by atoms with Crippen molar-refractivity contribution in [1.82, 2.24) is 10.3 Å². The van der Waals surface area contributed by atoms with E-state index in [4.69, 9.17) is 4.74 Å². The molecular weight excluding hydrogens is 200 g/mol. The smallest absolute Gasteiger partial charge is 0.263 e. The molecule has 0 fully saturated rings. The SMILES string of the molecule is COCCNC(=O)c1sc(C)nc1C. The van der Waals surface area contributed by atoms with Crippen LogP contribution in [0.1, 0.15) is 20.4 Å². The third kappa shape index (κ3) is 2.78. The molecule has 1 aromatic rings. The summed E-state index contributed by atoms with van der Waals surface area (Å²) in [5, 5.41) is 3.68. The Labute approximate surface area is 87.3 Å². The minimum absolute atomic E-state index is 0.0647. The number of aromatic nitrogens is 1. The third-order valence-electron chi connectivity index (χ3n) is 1.70. The first-order valence-corrected chi connectivity index (χ1v) is 5.18. The largest absolute Gasteiger partial charge is 0.383 e. The number of ether oxygens (including phenoxy) is 1. The molecule has 0 bridgehead atoms. The minimum Gasteiger partial charge on any atom is -0.383 e. The minimum atomic E-state index is -0.0647. The van der Waals surface area contributed by atoms with Crippen LogP contribution in [0, 0.1) is 13.8 Å².